The predicted octanol–water partition coefficient (Wildman–Crippen LogP) is -0.274. The molecule has 0 spiro atoms. The van der Waals surface area contributed by atoms with Crippen LogP contribution >= 0.6 is 0 Å². The van der Waals surface area contributed by atoms with Crippen LogP contribution in [0.25, 0.3) is 0 Å². The van der Waals surface area contributed by atoms with E-state index in [4.69, 9.17) is 9.47 Å². The Bertz CT molecular complexity index is 216. The zero-order valence-corrected chi connectivity index (χ0v) is 7.67. The molecule has 1 saturated heterocycles. The van der Waals surface area contributed by atoms with E-state index < -0.39 is 10.1 Å². The van der Waals surface area contributed by atoms with E-state index in [1.807, 2.05) is 0 Å². The molecule has 5 nitrogen and oxygen atoms in total. The van der Waals surface area contributed by atoms with Crippen molar-refractivity contribution < 1.29 is 22.1 Å². The molecule has 12 heavy (non-hydrogen) atoms. The molecule has 1 unspecified atom stereocenters. The summed E-state index contributed by atoms with van der Waals surface area (Å²) in [4.78, 5) is 0. The van der Waals surface area contributed by atoms with Crippen molar-refractivity contribution >= 4 is 10.1 Å². The van der Waals surface area contributed by atoms with Gasteiger partial charge in [-0.1, -0.05) is 0 Å². The molecule has 1 aliphatic rings. The SMILES string of the molecule is CS(=O)(=O)OCC1CCOCO1. The van der Waals surface area contributed by atoms with Crippen LogP contribution in [-0.2, 0) is 23.8 Å². The zero-order valence-electron chi connectivity index (χ0n) is 6.86. The molecule has 0 aromatic carbocycles. The maximum Gasteiger partial charge on any atom is 0.264 e. The molecule has 0 radical (unpaired) electrons. The molecule has 0 N–H and O–H groups in total. The summed E-state index contributed by atoms with van der Waals surface area (Å²) in [5.41, 5.74) is 0. The van der Waals surface area contributed by atoms with Gasteiger partial charge >= 0.3 is 0 Å². The molecule has 1 heterocycles. The van der Waals surface area contributed by atoms with E-state index in [9.17, 15) is 8.42 Å². The van der Waals surface area contributed by atoms with Crippen molar-refractivity contribution in [2.24, 2.45) is 0 Å². The summed E-state index contributed by atoms with van der Waals surface area (Å²) in [6.45, 7) is 0.901. The van der Waals surface area contributed by atoms with Crippen LogP contribution in [0.3, 0.4) is 0 Å². The minimum Gasteiger partial charge on any atom is -0.355 e. The third kappa shape index (κ3) is 4.01. The first-order chi connectivity index (χ1) is 5.58. The van der Waals surface area contributed by atoms with Crippen molar-refractivity contribution in [2.75, 3.05) is 26.3 Å². The summed E-state index contributed by atoms with van der Waals surface area (Å²) < 4.78 is 35.7. The summed E-state index contributed by atoms with van der Waals surface area (Å²) in [7, 11) is -3.34. The van der Waals surface area contributed by atoms with Crippen molar-refractivity contribution in [3.05, 3.63) is 0 Å². The molecular formula is C6H12O5S. The highest BCUT2D eigenvalue weighted by Crippen LogP contribution is 2.06. The van der Waals surface area contributed by atoms with E-state index in [0.29, 0.717) is 13.0 Å². The topological polar surface area (TPSA) is 61.8 Å². The average Bonchev–Trinajstić information content (AvgIpc) is 2.02. The van der Waals surface area contributed by atoms with Gasteiger partial charge in [-0.25, -0.2) is 0 Å². The monoisotopic (exact) mass is 196 g/mol. The highest BCUT2D eigenvalue weighted by molar-refractivity contribution is 7.85. The normalized spacial score (nSPS) is 25.6. The highest BCUT2D eigenvalue weighted by atomic mass is 32.2. The van der Waals surface area contributed by atoms with E-state index in [0.717, 1.165) is 6.26 Å². The minimum atomic E-state index is -3.34. The maximum absolute atomic E-state index is 10.6. The third-order valence-electron chi connectivity index (χ3n) is 1.44. The Morgan fingerprint density at radius 2 is 2.33 bits per heavy atom. The van der Waals surface area contributed by atoms with Gasteiger partial charge in [0.05, 0.1) is 25.6 Å². The molecule has 1 fully saturated rings. The van der Waals surface area contributed by atoms with Gasteiger partial charge in [0.15, 0.2) is 0 Å². The van der Waals surface area contributed by atoms with Gasteiger partial charge in [-0.05, 0) is 6.42 Å². The van der Waals surface area contributed by atoms with Crippen LogP contribution in [0.5, 0.6) is 0 Å². The minimum absolute atomic E-state index is 0.0855. The van der Waals surface area contributed by atoms with Crippen molar-refractivity contribution in [3.63, 3.8) is 0 Å². The van der Waals surface area contributed by atoms with Crippen LogP contribution in [-0.4, -0.2) is 40.8 Å². The van der Waals surface area contributed by atoms with Crippen LogP contribution in [0.4, 0.5) is 0 Å². The summed E-state index contributed by atoms with van der Waals surface area (Å²) in [6.07, 6.45) is 1.54. The molecular weight excluding hydrogens is 184 g/mol. The lowest BCUT2D eigenvalue weighted by atomic mass is 10.3. The van der Waals surface area contributed by atoms with Crippen LogP contribution < -0.4 is 0 Å². The van der Waals surface area contributed by atoms with Crippen LogP contribution in [0.1, 0.15) is 6.42 Å². The van der Waals surface area contributed by atoms with E-state index in [2.05, 4.69) is 4.18 Å². The molecule has 1 rings (SSSR count). The molecule has 72 valence electrons. The Morgan fingerprint density at radius 3 is 2.83 bits per heavy atom. The Morgan fingerprint density at radius 1 is 1.58 bits per heavy atom. The molecule has 1 aliphatic heterocycles. The first-order valence-electron chi connectivity index (χ1n) is 3.62. The lowest BCUT2D eigenvalue weighted by Gasteiger charge is -2.21. The quantitative estimate of drug-likeness (QED) is 0.581. The molecule has 0 aromatic rings. The van der Waals surface area contributed by atoms with Gasteiger partial charge in [-0.15, -0.1) is 0 Å². The van der Waals surface area contributed by atoms with Crippen molar-refractivity contribution in [1.29, 1.82) is 0 Å². The van der Waals surface area contributed by atoms with Gasteiger partial charge in [-0.3, -0.25) is 4.18 Å². The van der Waals surface area contributed by atoms with Crippen molar-refractivity contribution in [1.82, 2.24) is 0 Å². The number of ether oxygens (including phenoxy) is 2. The van der Waals surface area contributed by atoms with Crippen LogP contribution in [0, 0.1) is 0 Å². The van der Waals surface area contributed by atoms with Gasteiger partial charge in [0.25, 0.3) is 10.1 Å². The van der Waals surface area contributed by atoms with Gasteiger partial charge in [0.1, 0.15) is 6.79 Å². The third-order valence-corrected chi connectivity index (χ3v) is 2.00. The number of hydrogen-bond donors (Lipinski definition) is 0. The van der Waals surface area contributed by atoms with Crippen molar-refractivity contribution in [2.45, 2.75) is 12.5 Å². The van der Waals surface area contributed by atoms with E-state index in [-0.39, 0.29) is 19.5 Å². The zero-order chi connectivity index (χ0) is 9.03. The van der Waals surface area contributed by atoms with Gasteiger partial charge in [0, 0.05) is 0 Å². The Balaban J connectivity index is 2.22. The summed E-state index contributed by atoms with van der Waals surface area (Å²) >= 11 is 0. The molecule has 0 bridgehead atoms. The first kappa shape index (κ1) is 9.91. The standard InChI is InChI=1S/C6H12O5S/c1-12(7,8)11-4-6-2-3-9-5-10-6/h6H,2-5H2,1H3. The van der Waals surface area contributed by atoms with Crippen LogP contribution in [0.2, 0.25) is 0 Å². The second-order valence-corrected chi connectivity index (χ2v) is 4.24. The summed E-state index contributed by atoms with van der Waals surface area (Å²) in [5.74, 6) is 0. The second-order valence-electron chi connectivity index (χ2n) is 2.59. The van der Waals surface area contributed by atoms with Gasteiger partial charge in [0.2, 0.25) is 0 Å². The molecule has 0 aliphatic carbocycles. The smallest absolute Gasteiger partial charge is 0.264 e. The average molecular weight is 196 g/mol. The number of rotatable bonds is 3. The fourth-order valence-corrected chi connectivity index (χ4v) is 1.23. The predicted molar refractivity (Wildman–Crippen MR) is 41.1 cm³/mol. The highest BCUT2D eigenvalue weighted by Gasteiger charge is 2.16. The summed E-state index contributed by atoms with van der Waals surface area (Å²) in [5, 5.41) is 0. The Hall–Kier alpha value is -0.170. The fraction of sp³-hybridized carbons (Fsp3) is 1.00. The second kappa shape index (κ2) is 4.18. The largest absolute Gasteiger partial charge is 0.355 e. The lowest BCUT2D eigenvalue weighted by molar-refractivity contribution is -0.147. The Kier molecular flexibility index (Phi) is 3.45. The molecule has 0 saturated carbocycles. The van der Waals surface area contributed by atoms with Crippen molar-refractivity contribution in [3.8, 4) is 0 Å². The Labute approximate surface area is 71.7 Å². The van der Waals surface area contributed by atoms with Gasteiger partial charge < -0.3 is 9.47 Å². The van der Waals surface area contributed by atoms with E-state index in [1.165, 1.54) is 0 Å². The molecule has 0 amide bonds. The molecule has 6 heteroatoms. The van der Waals surface area contributed by atoms with Crippen LogP contribution in [0.15, 0.2) is 0 Å². The van der Waals surface area contributed by atoms with E-state index >= 15 is 0 Å². The first-order valence-corrected chi connectivity index (χ1v) is 5.43. The molecule has 1 atom stereocenters. The summed E-state index contributed by atoms with van der Waals surface area (Å²) in [6, 6.07) is 0. The van der Waals surface area contributed by atoms with E-state index in [1.54, 1.807) is 0 Å². The van der Waals surface area contributed by atoms with Gasteiger partial charge in [-0.2, -0.15) is 8.42 Å². The molecule has 0 aromatic heterocycles. The fourth-order valence-electron chi connectivity index (χ4n) is 0.832. The lowest BCUT2D eigenvalue weighted by Crippen LogP contribution is -2.28. The maximum atomic E-state index is 10.6. The number of hydrogen-bond acceptors (Lipinski definition) is 5.